The largest absolute Gasteiger partial charge is 0.488 e. The number of carbonyl (C=O) groups excluding carboxylic acids is 1. The summed E-state index contributed by atoms with van der Waals surface area (Å²) in [6.45, 7) is 6.57. The molecule has 0 radical (unpaired) electrons. The van der Waals surface area contributed by atoms with E-state index in [0.29, 0.717) is 23.3 Å². The first kappa shape index (κ1) is 27.6. The molecule has 1 aliphatic carbocycles. The van der Waals surface area contributed by atoms with Crippen molar-refractivity contribution in [2.24, 2.45) is 11.3 Å². The van der Waals surface area contributed by atoms with Crippen LogP contribution in [-0.2, 0) is 4.79 Å². The molecular weight excluding hydrogens is 422 g/mol. The molecule has 1 fully saturated rings. The highest BCUT2D eigenvalue weighted by Gasteiger charge is 2.43. The van der Waals surface area contributed by atoms with Gasteiger partial charge in [0, 0.05) is 24.6 Å². The number of aliphatic hydroxyl groups is 4. The van der Waals surface area contributed by atoms with E-state index in [1.165, 1.54) is 25.7 Å². The molecule has 5 unspecified atom stereocenters. The van der Waals surface area contributed by atoms with Gasteiger partial charge in [0.1, 0.15) is 24.1 Å². The summed E-state index contributed by atoms with van der Waals surface area (Å²) in [5, 5.41) is 42.3. The first-order valence-electron chi connectivity index (χ1n) is 12.4. The maximum absolute atomic E-state index is 12.2. The van der Waals surface area contributed by atoms with Crippen LogP contribution in [0.25, 0.3) is 0 Å². The predicted octanol–water partition coefficient (Wildman–Crippen LogP) is 3.63. The van der Waals surface area contributed by atoms with Crippen molar-refractivity contribution < 1.29 is 30.0 Å². The highest BCUT2D eigenvalue weighted by atomic mass is 16.5. The number of aliphatic hydroxyl groups excluding tert-OH is 4. The van der Waals surface area contributed by atoms with Crippen LogP contribution in [-0.4, -0.2) is 57.4 Å². The molecule has 33 heavy (non-hydrogen) atoms. The van der Waals surface area contributed by atoms with Gasteiger partial charge in [-0.1, -0.05) is 52.9 Å². The van der Waals surface area contributed by atoms with Crippen LogP contribution in [0.2, 0.25) is 0 Å². The van der Waals surface area contributed by atoms with Crippen molar-refractivity contribution in [1.82, 2.24) is 0 Å². The molecule has 1 aromatic rings. The van der Waals surface area contributed by atoms with Crippen LogP contribution in [0.4, 0.5) is 5.69 Å². The van der Waals surface area contributed by atoms with Gasteiger partial charge in [0.15, 0.2) is 0 Å². The summed E-state index contributed by atoms with van der Waals surface area (Å²) in [4.78, 5) is 12.2. The number of rotatable bonds is 13. The normalized spacial score (nSPS) is 25.6. The lowest BCUT2D eigenvalue weighted by atomic mass is 9.80. The van der Waals surface area contributed by atoms with E-state index >= 15 is 0 Å². The number of ether oxygens (including phenoxy) is 1. The second kappa shape index (κ2) is 13.3. The maximum Gasteiger partial charge on any atom is 0.224 e. The van der Waals surface area contributed by atoms with Gasteiger partial charge >= 0.3 is 0 Å². The average Bonchev–Trinajstić information content (AvgIpc) is 2.82. The lowest BCUT2D eigenvalue weighted by Crippen LogP contribution is -2.56. The highest BCUT2D eigenvalue weighted by Crippen LogP contribution is 2.32. The molecule has 0 aromatic heterocycles. The zero-order chi connectivity index (χ0) is 24.4. The Morgan fingerprint density at radius 2 is 1.64 bits per heavy atom. The number of amides is 1. The van der Waals surface area contributed by atoms with Gasteiger partial charge in [0.25, 0.3) is 0 Å². The van der Waals surface area contributed by atoms with Crippen molar-refractivity contribution in [2.45, 2.75) is 103 Å². The summed E-state index contributed by atoms with van der Waals surface area (Å²) in [5.74, 6) is -0.0977. The molecule has 0 heterocycles. The van der Waals surface area contributed by atoms with E-state index in [-0.39, 0.29) is 18.9 Å². The summed E-state index contributed by atoms with van der Waals surface area (Å²) >= 11 is 0. The van der Waals surface area contributed by atoms with Crippen molar-refractivity contribution >= 4 is 11.6 Å². The number of benzene rings is 1. The summed E-state index contributed by atoms with van der Waals surface area (Å²) in [6, 6.07) is 6.83. The second-order valence-corrected chi connectivity index (χ2v) is 9.81. The maximum atomic E-state index is 12.2. The molecule has 7 nitrogen and oxygen atoms in total. The molecule has 5 atom stereocenters. The van der Waals surface area contributed by atoms with Crippen molar-refractivity contribution in [3.05, 3.63) is 24.3 Å². The SMILES string of the molecule is CCC(C)(CC)CCCCCCC(=O)Nc1ccc(OC2CC(CO)C(O)C(O)C2O)cc1. The second-order valence-electron chi connectivity index (χ2n) is 9.81. The van der Waals surface area contributed by atoms with Gasteiger partial charge in [-0.05, 0) is 48.9 Å². The Morgan fingerprint density at radius 3 is 2.24 bits per heavy atom. The lowest BCUT2D eigenvalue weighted by molar-refractivity contribution is -0.156. The Bertz CT molecular complexity index is 703. The number of anilines is 1. The van der Waals surface area contributed by atoms with Crippen LogP contribution in [0.3, 0.4) is 0 Å². The van der Waals surface area contributed by atoms with Gasteiger partial charge in [0.05, 0.1) is 6.10 Å². The monoisotopic (exact) mass is 465 g/mol. The molecule has 0 saturated heterocycles. The van der Waals surface area contributed by atoms with Crippen LogP contribution in [0.5, 0.6) is 5.75 Å². The van der Waals surface area contributed by atoms with Gasteiger partial charge in [-0.25, -0.2) is 0 Å². The summed E-state index contributed by atoms with van der Waals surface area (Å²) in [6.07, 6.45) is 4.15. The molecule has 0 spiro atoms. The average molecular weight is 466 g/mol. The molecule has 0 aliphatic heterocycles. The Kier molecular flexibility index (Phi) is 11.1. The Balaban J connectivity index is 1.72. The highest BCUT2D eigenvalue weighted by molar-refractivity contribution is 5.90. The van der Waals surface area contributed by atoms with Crippen LogP contribution < -0.4 is 10.1 Å². The van der Waals surface area contributed by atoms with Crippen molar-refractivity contribution in [3.63, 3.8) is 0 Å². The van der Waals surface area contributed by atoms with E-state index in [2.05, 4.69) is 26.1 Å². The van der Waals surface area contributed by atoms with Gasteiger partial charge in [-0.3, -0.25) is 4.79 Å². The van der Waals surface area contributed by atoms with Crippen molar-refractivity contribution in [1.29, 1.82) is 0 Å². The fourth-order valence-corrected chi connectivity index (χ4v) is 4.39. The van der Waals surface area contributed by atoms with E-state index in [1.54, 1.807) is 24.3 Å². The molecule has 2 rings (SSSR count). The quantitative estimate of drug-likeness (QED) is 0.284. The van der Waals surface area contributed by atoms with Gasteiger partial charge in [-0.15, -0.1) is 0 Å². The third kappa shape index (κ3) is 8.25. The molecule has 1 aliphatic rings. The molecule has 1 saturated carbocycles. The third-order valence-electron chi connectivity index (χ3n) is 7.40. The fraction of sp³-hybridized carbons (Fsp3) is 0.731. The standard InChI is InChI=1S/C26H43NO6/c1-4-26(3,5-2)15-9-7-6-8-10-22(29)27-19-11-13-20(14-12-19)33-21-16-18(17-28)23(30)25(32)24(21)31/h11-14,18,21,23-25,28,30-32H,4-10,15-17H2,1-3H3,(H,27,29). The molecule has 188 valence electrons. The van der Waals surface area contributed by atoms with Gasteiger partial charge in [0.2, 0.25) is 5.91 Å². The number of nitrogens with one attached hydrogen (secondary N) is 1. The van der Waals surface area contributed by atoms with Crippen LogP contribution in [0.15, 0.2) is 24.3 Å². The van der Waals surface area contributed by atoms with E-state index in [0.717, 1.165) is 19.3 Å². The minimum atomic E-state index is -1.37. The summed E-state index contributed by atoms with van der Waals surface area (Å²) < 4.78 is 5.78. The molecular formula is C26H43NO6. The van der Waals surface area contributed by atoms with Crippen LogP contribution in [0, 0.1) is 11.3 Å². The first-order valence-corrected chi connectivity index (χ1v) is 12.4. The molecule has 1 aromatic carbocycles. The van der Waals surface area contributed by atoms with Crippen LogP contribution >= 0.6 is 0 Å². The van der Waals surface area contributed by atoms with E-state index in [9.17, 15) is 25.2 Å². The summed E-state index contributed by atoms with van der Waals surface area (Å²) in [7, 11) is 0. The number of hydrogen-bond acceptors (Lipinski definition) is 6. The zero-order valence-electron chi connectivity index (χ0n) is 20.4. The first-order chi connectivity index (χ1) is 15.7. The predicted molar refractivity (Wildman–Crippen MR) is 129 cm³/mol. The lowest BCUT2D eigenvalue weighted by Gasteiger charge is -2.39. The number of carbonyl (C=O) groups is 1. The van der Waals surface area contributed by atoms with E-state index in [1.807, 2.05) is 0 Å². The van der Waals surface area contributed by atoms with E-state index in [4.69, 9.17) is 4.74 Å². The number of hydrogen-bond donors (Lipinski definition) is 5. The van der Waals surface area contributed by atoms with Gasteiger partial charge in [-0.2, -0.15) is 0 Å². The fourth-order valence-electron chi connectivity index (χ4n) is 4.39. The van der Waals surface area contributed by atoms with E-state index < -0.39 is 30.3 Å². The number of unbranched alkanes of at least 4 members (excludes halogenated alkanes) is 3. The molecule has 0 bridgehead atoms. The summed E-state index contributed by atoms with van der Waals surface area (Å²) in [5.41, 5.74) is 1.12. The smallest absolute Gasteiger partial charge is 0.224 e. The Labute approximate surface area is 198 Å². The van der Waals surface area contributed by atoms with Crippen molar-refractivity contribution in [2.75, 3.05) is 11.9 Å². The third-order valence-corrected chi connectivity index (χ3v) is 7.40. The minimum Gasteiger partial charge on any atom is -0.488 e. The Hall–Kier alpha value is -1.67. The van der Waals surface area contributed by atoms with Crippen LogP contribution in [0.1, 0.15) is 78.6 Å². The topological polar surface area (TPSA) is 119 Å². The minimum absolute atomic E-state index is 0.0128. The van der Waals surface area contributed by atoms with Crippen molar-refractivity contribution in [3.8, 4) is 5.75 Å². The molecule has 5 N–H and O–H groups in total. The zero-order valence-corrected chi connectivity index (χ0v) is 20.4. The van der Waals surface area contributed by atoms with Gasteiger partial charge < -0.3 is 30.5 Å². The Morgan fingerprint density at radius 1 is 1.00 bits per heavy atom. The molecule has 7 heteroatoms. The molecule has 1 amide bonds.